The summed E-state index contributed by atoms with van der Waals surface area (Å²) >= 11 is 1.15. The summed E-state index contributed by atoms with van der Waals surface area (Å²) in [7, 11) is 3.14. The Bertz CT molecular complexity index is 1480. The Morgan fingerprint density at radius 3 is 2.57 bits per heavy atom. The van der Waals surface area contributed by atoms with Gasteiger partial charge in [0, 0.05) is 0 Å². The van der Waals surface area contributed by atoms with Crippen LogP contribution in [0.2, 0.25) is 0 Å². The van der Waals surface area contributed by atoms with Crippen molar-refractivity contribution in [3.63, 3.8) is 0 Å². The van der Waals surface area contributed by atoms with Crippen molar-refractivity contribution in [1.82, 2.24) is 15.0 Å². The Balaban J connectivity index is 1.51. The lowest BCUT2D eigenvalue weighted by molar-refractivity contribution is -0.118. The van der Waals surface area contributed by atoms with Gasteiger partial charge >= 0.3 is 0 Å². The zero-order valence-corrected chi connectivity index (χ0v) is 21.5. The summed E-state index contributed by atoms with van der Waals surface area (Å²) in [5.74, 6) is 1.54. The third kappa shape index (κ3) is 6.10. The van der Waals surface area contributed by atoms with Crippen LogP contribution < -0.4 is 25.2 Å². The van der Waals surface area contributed by atoms with Crippen molar-refractivity contribution in [2.75, 3.05) is 26.6 Å². The van der Waals surface area contributed by atoms with Crippen LogP contribution in [0.4, 0.5) is 0 Å². The van der Waals surface area contributed by atoms with E-state index >= 15 is 0 Å². The highest BCUT2D eigenvalue weighted by atomic mass is 32.2. The van der Waals surface area contributed by atoms with E-state index in [1.54, 1.807) is 68.8 Å². The summed E-state index contributed by atoms with van der Waals surface area (Å²) in [4.78, 5) is 30.5. The summed E-state index contributed by atoms with van der Waals surface area (Å²) in [6.45, 7) is 2.42. The van der Waals surface area contributed by atoms with Crippen molar-refractivity contribution in [3.8, 4) is 22.9 Å². The molecule has 4 rings (SSSR count). The number of aromatic nitrogens is 2. The molecule has 1 heterocycles. The molecule has 0 saturated carbocycles. The zero-order valence-electron chi connectivity index (χ0n) is 20.6. The van der Waals surface area contributed by atoms with Crippen LogP contribution in [0.25, 0.3) is 16.6 Å². The van der Waals surface area contributed by atoms with E-state index in [0.29, 0.717) is 45.6 Å². The van der Waals surface area contributed by atoms with E-state index in [1.165, 1.54) is 10.8 Å². The van der Waals surface area contributed by atoms with Gasteiger partial charge in [0.1, 0.15) is 5.75 Å². The second kappa shape index (κ2) is 12.1. The summed E-state index contributed by atoms with van der Waals surface area (Å²) in [6, 6.07) is 19.6. The highest BCUT2D eigenvalue weighted by Crippen LogP contribution is 2.27. The first-order valence-corrected chi connectivity index (χ1v) is 12.4. The fourth-order valence-corrected chi connectivity index (χ4v) is 4.35. The van der Waals surface area contributed by atoms with Crippen molar-refractivity contribution in [1.29, 1.82) is 0 Å². The van der Waals surface area contributed by atoms with Crippen LogP contribution in [0.1, 0.15) is 12.5 Å². The molecule has 0 bridgehead atoms. The molecule has 9 nitrogen and oxygen atoms in total. The van der Waals surface area contributed by atoms with Gasteiger partial charge in [0.2, 0.25) is 0 Å². The lowest BCUT2D eigenvalue weighted by atomic mass is 10.2. The maximum absolute atomic E-state index is 13.3. The van der Waals surface area contributed by atoms with Crippen LogP contribution in [-0.2, 0) is 4.79 Å². The van der Waals surface area contributed by atoms with Gasteiger partial charge in [-0.2, -0.15) is 5.10 Å². The number of benzene rings is 3. The zero-order chi connectivity index (χ0) is 26.2. The van der Waals surface area contributed by atoms with Crippen molar-refractivity contribution in [2.45, 2.75) is 12.1 Å². The number of rotatable bonds is 10. The number of hydrogen-bond donors (Lipinski definition) is 1. The Kier molecular flexibility index (Phi) is 8.42. The van der Waals surface area contributed by atoms with Crippen molar-refractivity contribution in [2.24, 2.45) is 5.10 Å². The fraction of sp³-hybridized carbons (Fsp3) is 0.185. The van der Waals surface area contributed by atoms with Crippen LogP contribution in [0.3, 0.4) is 0 Å². The molecule has 0 aliphatic heterocycles. The predicted molar refractivity (Wildman–Crippen MR) is 145 cm³/mol. The minimum Gasteiger partial charge on any atom is -0.497 e. The number of fused-ring (bicyclic) bond motifs is 1. The number of hydrazone groups is 1. The molecular weight excluding hydrogens is 492 g/mol. The number of carbonyl (C=O) groups excluding carboxylic acids is 1. The molecule has 190 valence electrons. The number of para-hydroxylation sites is 1. The summed E-state index contributed by atoms with van der Waals surface area (Å²) in [6.07, 6.45) is 1.52. The Morgan fingerprint density at radius 2 is 1.84 bits per heavy atom. The number of methoxy groups -OCH3 is 2. The SMILES string of the molecule is CCOc1ccc(/C=N/NC(=O)CSc2nc3ccccc3c(=O)n2-c2ccc(OC)cc2)cc1OC. The van der Waals surface area contributed by atoms with Crippen LogP contribution in [0, 0.1) is 0 Å². The first-order valence-electron chi connectivity index (χ1n) is 11.5. The van der Waals surface area contributed by atoms with Crippen LogP contribution in [-0.4, -0.2) is 48.3 Å². The van der Waals surface area contributed by atoms with Gasteiger partial charge < -0.3 is 14.2 Å². The van der Waals surface area contributed by atoms with Gasteiger partial charge in [-0.1, -0.05) is 23.9 Å². The molecule has 3 aromatic carbocycles. The quantitative estimate of drug-likeness (QED) is 0.146. The van der Waals surface area contributed by atoms with Gasteiger partial charge in [0.05, 0.1) is 49.4 Å². The second-order valence-corrected chi connectivity index (χ2v) is 8.62. The summed E-state index contributed by atoms with van der Waals surface area (Å²) in [5.41, 5.74) is 4.20. The molecule has 1 amide bonds. The van der Waals surface area contributed by atoms with Crippen molar-refractivity contribution in [3.05, 3.63) is 82.6 Å². The Morgan fingerprint density at radius 1 is 1.05 bits per heavy atom. The molecule has 10 heteroatoms. The number of carbonyl (C=O) groups is 1. The number of nitrogens with zero attached hydrogens (tertiary/aromatic N) is 3. The van der Waals surface area contributed by atoms with Gasteiger partial charge in [-0.05, 0) is 67.1 Å². The molecule has 4 aromatic rings. The maximum atomic E-state index is 13.3. The summed E-state index contributed by atoms with van der Waals surface area (Å²) < 4.78 is 17.6. The molecule has 0 aliphatic carbocycles. The Hall–Kier alpha value is -4.31. The molecular formula is C27H26N4O5S. The predicted octanol–water partition coefficient (Wildman–Crippen LogP) is 4.04. The highest BCUT2D eigenvalue weighted by molar-refractivity contribution is 7.99. The smallest absolute Gasteiger partial charge is 0.266 e. The minimum atomic E-state index is -0.345. The molecule has 0 radical (unpaired) electrons. The second-order valence-electron chi connectivity index (χ2n) is 7.68. The number of hydrogen-bond acceptors (Lipinski definition) is 8. The lowest BCUT2D eigenvalue weighted by Crippen LogP contribution is -2.24. The van der Waals surface area contributed by atoms with E-state index in [4.69, 9.17) is 14.2 Å². The number of ether oxygens (including phenoxy) is 3. The average Bonchev–Trinajstić information content (AvgIpc) is 2.93. The average molecular weight is 519 g/mol. The molecule has 0 spiro atoms. The molecule has 0 unspecified atom stereocenters. The van der Waals surface area contributed by atoms with E-state index < -0.39 is 0 Å². The van der Waals surface area contributed by atoms with Crippen molar-refractivity contribution < 1.29 is 19.0 Å². The third-order valence-electron chi connectivity index (χ3n) is 5.30. The molecule has 1 aromatic heterocycles. The lowest BCUT2D eigenvalue weighted by Gasteiger charge is -2.13. The number of amides is 1. The highest BCUT2D eigenvalue weighted by Gasteiger charge is 2.15. The van der Waals surface area contributed by atoms with E-state index in [2.05, 4.69) is 15.5 Å². The monoisotopic (exact) mass is 518 g/mol. The number of nitrogens with one attached hydrogen (secondary N) is 1. The molecule has 0 aliphatic rings. The molecule has 1 N–H and O–H groups in total. The van der Waals surface area contributed by atoms with E-state index in [1.807, 2.05) is 19.1 Å². The number of thioether (sulfide) groups is 1. The molecule has 0 fully saturated rings. The normalized spacial score (nSPS) is 11.0. The topological polar surface area (TPSA) is 104 Å². The van der Waals surface area contributed by atoms with E-state index in [9.17, 15) is 9.59 Å². The van der Waals surface area contributed by atoms with E-state index in [-0.39, 0.29) is 17.2 Å². The van der Waals surface area contributed by atoms with Gasteiger partial charge in [-0.15, -0.1) is 0 Å². The standard InChI is InChI=1S/C27H26N4O5S/c1-4-36-23-14-9-18(15-24(23)35-3)16-28-30-25(32)17-37-27-29-22-8-6-5-7-21(22)26(33)31(27)19-10-12-20(34-2)13-11-19/h5-16H,4,17H2,1-3H3,(H,30,32)/b28-16+. The molecule has 37 heavy (non-hydrogen) atoms. The molecule has 0 saturated heterocycles. The third-order valence-corrected chi connectivity index (χ3v) is 6.24. The van der Waals surface area contributed by atoms with E-state index in [0.717, 1.165) is 17.3 Å². The van der Waals surface area contributed by atoms with Gasteiger partial charge in [-0.25, -0.2) is 10.4 Å². The van der Waals surface area contributed by atoms with Gasteiger partial charge in [-0.3, -0.25) is 14.2 Å². The van der Waals surface area contributed by atoms with Crippen molar-refractivity contribution >= 4 is 34.8 Å². The fourth-order valence-electron chi connectivity index (χ4n) is 3.55. The molecule has 0 atom stereocenters. The van der Waals surface area contributed by atoms with Crippen LogP contribution in [0.5, 0.6) is 17.2 Å². The van der Waals surface area contributed by atoms with Crippen LogP contribution >= 0.6 is 11.8 Å². The Labute approximate surface area is 218 Å². The van der Waals surface area contributed by atoms with Gasteiger partial charge in [0.15, 0.2) is 16.7 Å². The maximum Gasteiger partial charge on any atom is 0.266 e. The largest absolute Gasteiger partial charge is 0.497 e. The first kappa shape index (κ1) is 25.8. The van der Waals surface area contributed by atoms with Gasteiger partial charge in [0.25, 0.3) is 11.5 Å². The minimum absolute atomic E-state index is 0.00484. The summed E-state index contributed by atoms with van der Waals surface area (Å²) in [5, 5.41) is 4.92. The van der Waals surface area contributed by atoms with Crippen LogP contribution in [0.15, 0.2) is 81.8 Å². The first-order chi connectivity index (χ1) is 18.0.